The van der Waals surface area contributed by atoms with E-state index in [2.05, 4.69) is 26.6 Å². The van der Waals surface area contributed by atoms with Crippen molar-refractivity contribution in [3.05, 3.63) is 28.2 Å². The van der Waals surface area contributed by atoms with Gasteiger partial charge >= 0.3 is 12.0 Å². The lowest BCUT2D eigenvalue weighted by Gasteiger charge is -2.14. The van der Waals surface area contributed by atoms with E-state index in [1.165, 1.54) is 12.1 Å². The highest BCUT2D eigenvalue weighted by atomic mass is 79.9. The van der Waals surface area contributed by atoms with E-state index < -0.39 is 18.0 Å². The van der Waals surface area contributed by atoms with Crippen LogP contribution in [0.2, 0.25) is 0 Å². The van der Waals surface area contributed by atoms with Gasteiger partial charge in [0, 0.05) is 17.5 Å². The van der Waals surface area contributed by atoms with E-state index in [-0.39, 0.29) is 24.3 Å². The Labute approximate surface area is 123 Å². The molecular formula is C12H12BrN3O4. The quantitative estimate of drug-likeness (QED) is 0.642. The molecule has 0 unspecified atom stereocenters. The second kappa shape index (κ2) is 7.47. The highest BCUT2D eigenvalue weighted by Gasteiger charge is 2.19. The summed E-state index contributed by atoms with van der Waals surface area (Å²) in [6, 6.07) is 4.64. The minimum Gasteiger partial charge on any atom is -0.480 e. The number of benzene rings is 1. The molecule has 0 aromatic heterocycles. The number of carbonyl (C=O) groups excluding carboxylic acids is 1. The maximum absolute atomic E-state index is 11.7. The number of aliphatic carboxylic acids is 1. The molecule has 4 N–H and O–H groups in total. The van der Waals surface area contributed by atoms with Crippen molar-refractivity contribution in [1.82, 2.24) is 5.32 Å². The Morgan fingerprint density at radius 3 is 2.70 bits per heavy atom. The number of aliphatic hydroxyl groups is 1. The van der Waals surface area contributed by atoms with E-state index in [1.54, 1.807) is 6.07 Å². The fraction of sp³-hybridized carbons (Fsp3) is 0.250. The molecule has 0 aliphatic rings. The third-order valence-electron chi connectivity index (χ3n) is 2.37. The zero-order valence-electron chi connectivity index (χ0n) is 10.3. The van der Waals surface area contributed by atoms with Gasteiger partial charge in [-0.05, 0) is 18.2 Å². The van der Waals surface area contributed by atoms with Gasteiger partial charge in [0.15, 0.2) is 0 Å². The zero-order chi connectivity index (χ0) is 15.1. The summed E-state index contributed by atoms with van der Waals surface area (Å²) in [4.78, 5) is 22.5. The van der Waals surface area contributed by atoms with Gasteiger partial charge in [0.25, 0.3) is 0 Å². The molecule has 7 nitrogen and oxygen atoms in total. The molecule has 0 bridgehead atoms. The molecule has 0 aliphatic heterocycles. The first-order valence-electron chi connectivity index (χ1n) is 5.58. The monoisotopic (exact) mass is 341 g/mol. The Morgan fingerprint density at radius 2 is 2.15 bits per heavy atom. The number of carbonyl (C=O) groups is 2. The van der Waals surface area contributed by atoms with Gasteiger partial charge in [-0.3, -0.25) is 0 Å². The Balaban J connectivity index is 2.76. The van der Waals surface area contributed by atoms with Crippen molar-refractivity contribution in [1.29, 1.82) is 5.26 Å². The molecular weight excluding hydrogens is 330 g/mol. The van der Waals surface area contributed by atoms with Crippen molar-refractivity contribution >= 4 is 33.6 Å². The maximum atomic E-state index is 11.7. The largest absolute Gasteiger partial charge is 0.480 e. The molecule has 0 spiro atoms. The zero-order valence-corrected chi connectivity index (χ0v) is 11.8. The number of aliphatic hydroxyl groups excluding tert-OH is 1. The molecule has 0 saturated heterocycles. The molecule has 0 aliphatic carbocycles. The number of hydrogen-bond acceptors (Lipinski definition) is 4. The number of halogens is 1. The number of carboxylic acid groups (broad SMARTS) is 1. The van der Waals surface area contributed by atoms with Crippen LogP contribution in [0.15, 0.2) is 22.7 Å². The van der Waals surface area contributed by atoms with Crippen molar-refractivity contribution in [3.8, 4) is 6.07 Å². The Morgan fingerprint density at radius 1 is 1.45 bits per heavy atom. The average molecular weight is 342 g/mol. The number of carboxylic acids is 1. The standard InChI is InChI=1S/C12H12BrN3O4/c13-8-1-2-9(7(5-8)6-14)15-12(20)16-10(3-4-17)11(18)19/h1-2,5,10,17H,3-4H2,(H,18,19)(H2,15,16,20)/t10-/m0/s1. The predicted molar refractivity (Wildman–Crippen MR) is 74.1 cm³/mol. The molecule has 0 fully saturated rings. The summed E-state index contributed by atoms with van der Waals surface area (Å²) < 4.78 is 0.684. The first kappa shape index (κ1) is 15.9. The first-order chi connectivity index (χ1) is 9.47. The van der Waals surface area contributed by atoms with Crippen LogP contribution < -0.4 is 10.6 Å². The molecule has 0 saturated carbocycles. The van der Waals surface area contributed by atoms with Crippen LogP contribution >= 0.6 is 15.9 Å². The van der Waals surface area contributed by atoms with Gasteiger partial charge in [-0.15, -0.1) is 0 Å². The fourth-order valence-electron chi connectivity index (χ4n) is 1.42. The van der Waals surface area contributed by atoms with E-state index in [4.69, 9.17) is 15.5 Å². The number of nitrogens with zero attached hydrogens (tertiary/aromatic N) is 1. The summed E-state index contributed by atoms with van der Waals surface area (Å²) in [6.07, 6.45) is -0.103. The number of hydrogen-bond donors (Lipinski definition) is 4. The smallest absolute Gasteiger partial charge is 0.326 e. The lowest BCUT2D eigenvalue weighted by atomic mass is 10.2. The minimum absolute atomic E-state index is 0.103. The summed E-state index contributed by atoms with van der Waals surface area (Å²) in [5, 5.41) is 31.1. The molecule has 106 valence electrons. The number of amides is 2. The number of rotatable bonds is 5. The summed E-state index contributed by atoms with van der Waals surface area (Å²) in [5.41, 5.74) is 0.505. The summed E-state index contributed by atoms with van der Waals surface area (Å²) >= 11 is 3.20. The number of nitrogens with one attached hydrogen (secondary N) is 2. The fourth-order valence-corrected chi connectivity index (χ4v) is 1.78. The van der Waals surface area contributed by atoms with Crippen molar-refractivity contribution in [2.24, 2.45) is 0 Å². The Kier molecular flexibility index (Phi) is 5.96. The highest BCUT2D eigenvalue weighted by Crippen LogP contribution is 2.20. The summed E-state index contributed by atoms with van der Waals surface area (Å²) in [7, 11) is 0. The van der Waals surface area contributed by atoms with Crippen LogP contribution in [0.5, 0.6) is 0 Å². The van der Waals surface area contributed by atoms with Crippen LogP contribution in [0.1, 0.15) is 12.0 Å². The second-order valence-corrected chi connectivity index (χ2v) is 4.72. The van der Waals surface area contributed by atoms with Crippen LogP contribution in [0, 0.1) is 11.3 Å². The third kappa shape index (κ3) is 4.53. The van der Waals surface area contributed by atoms with E-state index in [9.17, 15) is 9.59 Å². The molecule has 1 aromatic carbocycles. The maximum Gasteiger partial charge on any atom is 0.326 e. The summed E-state index contributed by atoms with van der Waals surface area (Å²) in [6.45, 7) is -0.362. The van der Waals surface area contributed by atoms with Crippen LogP contribution in [-0.2, 0) is 4.79 Å². The normalized spacial score (nSPS) is 11.2. The van der Waals surface area contributed by atoms with Crippen molar-refractivity contribution in [3.63, 3.8) is 0 Å². The molecule has 1 aromatic rings. The number of urea groups is 1. The first-order valence-corrected chi connectivity index (χ1v) is 6.38. The van der Waals surface area contributed by atoms with Crippen LogP contribution in [0.25, 0.3) is 0 Å². The summed E-state index contributed by atoms with van der Waals surface area (Å²) in [5.74, 6) is -1.24. The van der Waals surface area contributed by atoms with Gasteiger partial charge in [-0.2, -0.15) is 5.26 Å². The van der Waals surface area contributed by atoms with Crippen molar-refractivity contribution < 1.29 is 19.8 Å². The molecule has 2 amide bonds. The van der Waals surface area contributed by atoms with E-state index in [0.29, 0.717) is 4.47 Å². The lowest BCUT2D eigenvalue weighted by molar-refractivity contribution is -0.139. The molecule has 0 radical (unpaired) electrons. The predicted octanol–water partition coefficient (Wildman–Crippen LogP) is 1.28. The van der Waals surface area contributed by atoms with Gasteiger partial charge < -0.3 is 20.8 Å². The Hall–Kier alpha value is -2.11. The lowest BCUT2D eigenvalue weighted by Crippen LogP contribution is -2.43. The van der Waals surface area contributed by atoms with E-state index in [1.807, 2.05) is 6.07 Å². The van der Waals surface area contributed by atoms with Crippen LogP contribution in [-0.4, -0.2) is 34.9 Å². The Bertz CT molecular complexity index is 556. The topological polar surface area (TPSA) is 122 Å². The van der Waals surface area contributed by atoms with E-state index in [0.717, 1.165) is 0 Å². The van der Waals surface area contributed by atoms with Crippen LogP contribution in [0.4, 0.5) is 10.5 Å². The number of anilines is 1. The van der Waals surface area contributed by atoms with Crippen molar-refractivity contribution in [2.75, 3.05) is 11.9 Å². The molecule has 1 rings (SSSR count). The van der Waals surface area contributed by atoms with Gasteiger partial charge in [-0.1, -0.05) is 15.9 Å². The minimum atomic E-state index is -1.24. The van der Waals surface area contributed by atoms with Gasteiger partial charge in [-0.25, -0.2) is 9.59 Å². The van der Waals surface area contributed by atoms with Crippen molar-refractivity contribution in [2.45, 2.75) is 12.5 Å². The highest BCUT2D eigenvalue weighted by molar-refractivity contribution is 9.10. The SMILES string of the molecule is N#Cc1cc(Br)ccc1NC(=O)N[C@@H](CCO)C(=O)O. The van der Waals surface area contributed by atoms with Crippen LogP contribution in [0.3, 0.4) is 0 Å². The molecule has 8 heteroatoms. The number of nitriles is 1. The average Bonchev–Trinajstić information content (AvgIpc) is 2.40. The van der Waals surface area contributed by atoms with Gasteiger partial charge in [0.05, 0.1) is 11.3 Å². The molecule has 20 heavy (non-hydrogen) atoms. The second-order valence-electron chi connectivity index (χ2n) is 3.80. The van der Waals surface area contributed by atoms with Gasteiger partial charge in [0.1, 0.15) is 12.1 Å². The van der Waals surface area contributed by atoms with Gasteiger partial charge in [0.2, 0.25) is 0 Å². The molecule has 1 atom stereocenters. The molecule has 0 heterocycles. The third-order valence-corrected chi connectivity index (χ3v) is 2.86. The van der Waals surface area contributed by atoms with E-state index >= 15 is 0 Å².